The van der Waals surface area contributed by atoms with Crippen LogP contribution >= 0.6 is 0 Å². The van der Waals surface area contributed by atoms with Gasteiger partial charge in [0.25, 0.3) is 5.91 Å². The molecule has 0 spiro atoms. The maximum atomic E-state index is 11.8. The number of aromatic nitrogens is 5. The molecule has 0 aliphatic rings. The van der Waals surface area contributed by atoms with E-state index in [0.717, 1.165) is 6.54 Å². The van der Waals surface area contributed by atoms with E-state index in [1.165, 1.54) is 12.5 Å². The molecule has 0 aromatic carbocycles. The van der Waals surface area contributed by atoms with Crippen LogP contribution in [0.4, 0.5) is 5.82 Å². The zero-order valence-corrected chi connectivity index (χ0v) is 9.84. The summed E-state index contributed by atoms with van der Waals surface area (Å²) in [5.74, 6) is 0.850. The smallest absolute Gasteiger partial charge is 0.271 e. The molecule has 18 heavy (non-hydrogen) atoms. The summed E-state index contributed by atoms with van der Waals surface area (Å²) in [6.45, 7) is 2.93. The topological polar surface area (TPSA) is 108 Å². The minimum absolute atomic E-state index is 0.257. The number of rotatable bonds is 5. The molecule has 2 heterocycles. The van der Waals surface area contributed by atoms with Gasteiger partial charge in [0.15, 0.2) is 0 Å². The Bertz CT molecular complexity index is 511. The van der Waals surface area contributed by atoms with Gasteiger partial charge in [-0.25, -0.2) is 9.97 Å². The highest BCUT2D eigenvalue weighted by molar-refractivity contribution is 5.92. The molecule has 0 bridgehead atoms. The van der Waals surface area contributed by atoms with Gasteiger partial charge in [-0.05, 0) is 6.92 Å². The summed E-state index contributed by atoms with van der Waals surface area (Å²) >= 11 is 0. The quantitative estimate of drug-likeness (QED) is 0.684. The van der Waals surface area contributed by atoms with E-state index in [2.05, 4.69) is 35.8 Å². The number of carbonyl (C=O) groups is 1. The largest absolute Gasteiger partial charge is 0.369 e. The predicted octanol–water partition coefficient (Wildman–Crippen LogP) is -0.0435. The van der Waals surface area contributed by atoms with Crippen molar-refractivity contribution in [2.75, 3.05) is 11.9 Å². The van der Waals surface area contributed by atoms with Gasteiger partial charge in [-0.2, -0.15) is 5.10 Å². The Kier molecular flexibility index (Phi) is 3.79. The maximum Gasteiger partial charge on any atom is 0.271 e. The second-order valence-electron chi connectivity index (χ2n) is 3.43. The highest BCUT2D eigenvalue weighted by Gasteiger charge is 2.08. The van der Waals surface area contributed by atoms with Crippen molar-refractivity contribution in [1.82, 2.24) is 30.5 Å². The zero-order valence-electron chi connectivity index (χ0n) is 9.84. The van der Waals surface area contributed by atoms with Crippen LogP contribution in [0.25, 0.3) is 0 Å². The number of nitrogens with zero attached hydrogens (tertiary/aromatic N) is 4. The third-order valence-electron chi connectivity index (χ3n) is 2.11. The van der Waals surface area contributed by atoms with E-state index in [9.17, 15) is 4.79 Å². The van der Waals surface area contributed by atoms with Gasteiger partial charge in [0.1, 0.15) is 23.7 Å². The Labute approximate surface area is 103 Å². The molecule has 1 amide bonds. The second-order valence-corrected chi connectivity index (χ2v) is 3.43. The van der Waals surface area contributed by atoms with Crippen molar-refractivity contribution < 1.29 is 4.79 Å². The fourth-order valence-electron chi connectivity index (χ4n) is 1.31. The van der Waals surface area contributed by atoms with Gasteiger partial charge >= 0.3 is 0 Å². The molecule has 8 heteroatoms. The summed E-state index contributed by atoms with van der Waals surface area (Å²) in [5, 5.41) is 12.0. The first-order chi connectivity index (χ1) is 8.79. The average molecular weight is 247 g/mol. The first-order valence-corrected chi connectivity index (χ1v) is 5.48. The summed E-state index contributed by atoms with van der Waals surface area (Å²) in [7, 11) is 0. The lowest BCUT2D eigenvalue weighted by Gasteiger charge is -2.05. The fourth-order valence-corrected chi connectivity index (χ4v) is 1.31. The molecule has 0 atom stereocenters. The van der Waals surface area contributed by atoms with Crippen LogP contribution in [0.1, 0.15) is 23.2 Å². The standard InChI is InChI=1S/C10H13N7O/c1-2-12-8-4-11-3-7(16-8)10(18)13-5-9-14-6-15-17-9/h3-4,6H,2,5H2,1H3,(H,12,16)(H,13,18)(H,14,15,17). The van der Waals surface area contributed by atoms with Crippen LogP contribution in [0.2, 0.25) is 0 Å². The van der Waals surface area contributed by atoms with E-state index < -0.39 is 0 Å². The first-order valence-electron chi connectivity index (χ1n) is 5.48. The molecular weight excluding hydrogens is 234 g/mol. The predicted molar refractivity (Wildman–Crippen MR) is 63.7 cm³/mol. The number of amides is 1. The minimum atomic E-state index is -0.307. The molecule has 0 aliphatic heterocycles. The molecule has 0 saturated carbocycles. The number of hydrogen-bond donors (Lipinski definition) is 3. The molecule has 2 aromatic rings. The SMILES string of the molecule is CCNc1cncc(C(=O)NCc2ncn[nH]2)n1. The van der Waals surface area contributed by atoms with Gasteiger partial charge in [-0.3, -0.25) is 14.9 Å². The summed E-state index contributed by atoms with van der Waals surface area (Å²) in [5.41, 5.74) is 0.257. The van der Waals surface area contributed by atoms with Crippen molar-refractivity contribution in [3.05, 3.63) is 30.2 Å². The lowest BCUT2D eigenvalue weighted by atomic mass is 10.4. The summed E-state index contributed by atoms with van der Waals surface area (Å²) in [4.78, 5) is 23.8. The Morgan fingerprint density at radius 1 is 1.44 bits per heavy atom. The van der Waals surface area contributed by atoms with Gasteiger partial charge in [-0.15, -0.1) is 0 Å². The van der Waals surface area contributed by atoms with Crippen LogP contribution in [0, 0.1) is 0 Å². The summed E-state index contributed by atoms with van der Waals surface area (Å²) in [6.07, 6.45) is 4.36. The van der Waals surface area contributed by atoms with Crippen LogP contribution in [0.15, 0.2) is 18.7 Å². The van der Waals surface area contributed by atoms with E-state index in [4.69, 9.17) is 0 Å². The average Bonchev–Trinajstić information content (AvgIpc) is 2.90. The molecule has 2 aromatic heterocycles. The highest BCUT2D eigenvalue weighted by Crippen LogP contribution is 2.01. The number of hydrogen-bond acceptors (Lipinski definition) is 6. The molecule has 0 radical (unpaired) electrons. The normalized spacial score (nSPS) is 10.1. The van der Waals surface area contributed by atoms with Crippen molar-refractivity contribution in [2.45, 2.75) is 13.5 Å². The first kappa shape index (κ1) is 12.0. The lowest BCUT2D eigenvalue weighted by Crippen LogP contribution is -2.24. The molecule has 0 aliphatic carbocycles. The number of aromatic amines is 1. The monoisotopic (exact) mass is 247 g/mol. The van der Waals surface area contributed by atoms with Crippen LogP contribution in [-0.2, 0) is 6.54 Å². The zero-order chi connectivity index (χ0) is 12.8. The number of carbonyl (C=O) groups excluding carboxylic acids is 1. The van der Waals surface area contributed by atoms with Crippen molar-refractivity contribution >= 4 is 11.7 Å². The van der Waals surface area contributed by atoms with Gasteiger partial charge in [0, 0.05) is 6.54 Å². The molecule has 94 valence electrons. The molecular formula is C10H13N7O. The van der Waals surface area contributed by atoms with Crippen molar-refractivity contribution in [2.24, 2.45) is 0 Å². The minimum Gasteiger partial charge on any atom is -0.369 e. The summed E-state index contributed by atoms with van der Waals surface area (Å²) < 4.78 is 0. The summed E-state index contributed by atoms with van der Waals surface area (Å²) in [6, 6.07) is 0. The van der Waals surface area contributed by atoms with Crippen LogP contribution < -0.4 is 10.6 Å². The molecule has 0 saturated heterocycles. The lowest BCUT2D eigenvalue weighted by molar-refractivity contribution is 0.0944. The molecule has 0 unspecified atom stereocenters. The van der Waals surface area contributed by atoms with E-state index in [-0.39, 0.29) is 18.1 Å². The van der Waals surface area contributed by atoms with Crippen LogP contribution in [-0.4, -0.2) is 37.6 Å². The number of anilines is 1. The van der Waals surface area contributed by atoms with Crippen molar-refractivity contribution in [3.63, 3.8) is 0 Å². The van der Waals surface area contributed by atoms with Gasteiger partial charge < -0.3 is 10.6 Å². The van der Waals surface area contributed by atoms with Crippen LogP contribution in [0.3, 0.4) is 0 Å². The Balaban J connectivity index is 1.97. The van der Waals surface area contributed by atoms with Gasteiger partial charge in [0.2, 0.25) is 0 Å². The van der Waals surface area contributed by atoms with E-state index in [0.29, 0.717) is 11.6 Å². The van der Waals surface area contributed by atoms with Crippen LogP contribution in [0.5, 0.6) is 0 Å². The third kappa shape index (κ3) is 3.00. The third-order valence-corrected chi connectivity index (χ3v) is 2.11. The molecule has 0 fully saturated rings. The Morgan fingerprint density at radius 2 is 2.33 bits per heavy atom. The van der Waals surface area contributed by atoms with Gasteiger partial charge in [-0.1, -0.05) is 0 Å². The molecule has 3 N–H and O–H groups in total. The van der Waals surface area contributed by atoms with E-state index in [1.54, 1.807) is 6.20 Å². The maximum absolute atomic E-state index is 11.8. The molecule has 2 rings (SSSR count). The number of nitrogens with one attached hydrogen (secondary N) is 3. The van der Waals surface area contributed by atoms with E-state index >= 15 is 0 Å². The Hall–Kier alpha value is -2.51. The van der Waals surface area contributed by atoms with Crippen molar-refractivity contribution in [1.29, 1.82) is 0 Å². The fraction of sp³-hybridized carbons (Fsp3) is 0.300. The van der Waals surface area contributed by atoms with Gasteiger partial charge in [0.05, 0.1) is 18.9 Å². The van der Waals surface area contributed by atoms with E-state index in [1.807, 2.05) is 6.92 Å². The Morgan fingerprint density at radius 3 is 3.06 bits per heavy atom. The second kappa shape index (κ2) is 5.71. The molecule has 8 nitrogen and oxygen atoms in total. The van der Waals surface area contributed by atoms with Crippen molar-refractivity contribution in [3.8, 4) is 0 Å². The number of H-pyrrole nitrogens is 1. The highest BCUT2D eigenvalue weighted by atomic mass is 16.1.